The largest absolute Gasteiger partial charge is 0.361 e. The first-order valence-electron chi connectivity index (χ1n) is 11.0. The lowest BCUT2D eigenvalue weighted by molar-refractivity contribution is -0.129. The van der Waals surface area contributed by atoms with Gasteiger partial charge in [-0.25, -0.2) is 0 Å². The Hall–Kier alpha value is -2.75. The number of hydrogen-bond acceptors (Lipinski definition) is 8. The van der Waals surface area contributed by atoms with Gasteiger partial charge >= 0.3 is 0 Å². The maximum atomic E-state index is 12.7. The summed E-state index contributed by atoms with van der Waals surface area (Å²) in [5.74, 6) is 1.62. The van der Waals surface area contributed by atoms with E-state index in [1.165, 1.54) is 19.3 Å². The van der Waals surface area contributed by atoms with E-state index in [4.69, 9.17) is 9.05 Å². The Kier molecular flexibility index (Phi) is 6.64. The highest BCUT2D eigenvalue weighted by molar-refractivity contribution is 5.93. The van der Waals surface area contributed by atoms with E-state index in [0.717, 1.165) is 31.5 Å². The van der Waals surface area contributed by atoms with Gasteiger partial charge in [0.05, 0.1) is 6.54 Å². The normalized spacial score (nSPS) is 18.3. The van der Waals surface area contributed by atoms with E-state index in [9.17, 15) is 9.59 Å². The van der Waals surface area contributed by atoms with Crippen molar-refractivity contribution in [2.45, 2.75) is 65.0 Å². The minimum absolute atomic E-state index is 0.0951. The summed E-state index contributed by atoms with van der Waals surface area (Å²) in [6.07, 6.45) is 5.23. The smallest absolute Gasteiger partial charge is 0.274 e. The molecule has 0 aromatic carbocycles. The number of carbonyl (C=O) groups excluding carboxylic acids is 2. The Morgan fingerprint density at radius 2 is 1.81 bits per heavy atom. The molecule has 0 unspecified atom stereocenters. The highest BCUT2D eigenvalue weighted by atomic mass is 16.5. The first-order valence-corrected chi connectivity index (χ1v) is 11.0. The lowest BCUT2D eigenvalue weighted by atomic mass is 9.96. The fraction of sp³-hybridized carbons (Fsp3) is 0.667. The van der Waals surface area contributed by atoms with Gasteiger partial charge in [-0.1, -0.05) is 16.7 Å². The Balaban J connectivity index is 1.32. The molecule has 2 aromatic rings. The zero-order valence-corrected chi connectivity index (χ0v) is 18.2. The van der Waals surface area contributed by atoms with E-state index in [1.54, 1.807) is 6.92 Å². The van der Waals surface area contributed by atoms with E-state index in [2.05, 4.69) is 25.5 Å². The topological polar surface area (TPSA) is 118 Å². The van der Waals surface area contributed by atoms with Gasteiger partial charge in [-0.2, -0.15) is 4.98 Å². The second-order valence-corrected chi connectivity index (χ2v) is 8.41. The van der Waals surface area contributed by atoms with Crippen molar-refractivity contribution in [1.82, 2.24) is 30.4 Å². The van der Waals surface area contributed by atoms with E-state index in [0.29, 0.717) is 42.8 Å². The fourth-order valence-electron chi connectivity index (χ4n) is 4.29. The van der Waals surface area contributed by atoms with Gasteiger partial charge in [-0.3, -0.25) is 14.5 Å². The first-order chi connectivity index (χ1) is 15.0. The SMILES string of the molecule is CC(=O)N1CCC(c2noc(CNC(=O)c3noc(C)c3CN3CCCCC3)n2)CC1. The molecular weight excluding hydrogens is 400 g/mol. The monoisotopic (exact) mass is 430 g/mol. The van der Waals surface area contributed by atoms with E-state index < -0.39 is 0 Å². The van der Waals surface area contributed by atoms with Crippen LogP contribution >= 0.6 is 0 Å². The number of carbonyl (C=O) groups is 2. The summed E-state index contributed by atoms with van der Waals surface area (Å²) >= 11 is 0. The van der Waals surface area contributed by atoms with Crippen LogP contribution in [0, 0.1) is 6.92 Å². The van der Waals surface area contributed by atoms with Crippen LogP contribution in [-0.4, -0.2) is 63.1 Å². The van der Waals surface area contributed by atoms with E-state index in [1.807, 2.05) is 11.8 Å². The maximum absolute atomic E-state index is 12.7. The molecule has 2 aliphatic rings. The van der Waals surface area contributed by atoms with Crippen LogP contribution in [0.3, 0.4) is 0 Å². The number of likely N-dealkylation sites (tertiary alicyclic amines) is 2. The quantitative estimate of drug-likeness (QED) is 0.739. The molecule has 31 heavy (non-hydrogen) atoms. The molecule has 1 N–H and O–H groups in total. The van der Waals surface area contributed by atoms with Crippen LogP contribution in [-0.2, 0) is 17.9 Å². The molecule has 168 valence electrons. The van der Waals surface area contributed by atoms with Gasteiger partial charge in [-0.05, 0) is 45.7 Å². The molecule has 0 spiro atoms. The number of nitrogens with zero attached hydrogens (tertiary/aromatic N) is 5. The lowest BCUT2D eigenvalue weighted by Gasteiger charge is -2.29. The maximum Gasteiger partial charge on any atom is 0.274 e. The first kappa shape index (κ1) is 21.5. The summed E-state index contributed by atoms with van der Waals surface area (Å²) in [5, 5.41) is 10.9. The number of hydrogen-bond donors (Lipinski definition) is 1. The van der Waals surface area contributed by atoms with Crippen LogP contribution in [0.15, 0.2) is 9.05 Å². The predicted molar refractivity (Wildman–Crippen MR) is 110 cm³/mol. The molecule has 0 radical (unpaired) electrons. The lowest BCUT2D eigenvalue weighted by Crippen LogP contribution is -2.36. The molecule has 0 saturated carbocycles. The summed E-state index contributed by atoms with van der Waals surface area (Å²) in [7, 11) is 0. The van der Waals surface area contributed by atoms with Gasteiger partial charge in [0.15, 0.2) is 11.5 Å². The molecule has 10 nitrogen and oxygen atoms in total. The third-order valence-electron chi connectivity index (χ3n) is 6.22. The zero-order chi connectivity index (χ0) is 21.8. The van der Waals surface area contributed by atoms with E-state index in [-0.39, 0.29) is 24.3 Å². The third-order valence-corrected chi connectivity index (χ3v) is 6.22. The summed E-state index contributed by atoms with van der Waals surface area (Å²) in [6.45, 7) is 7.69. The molecule has 10 heteroatoms. The third kappa shape index (κ3) is 5.12. The van der Waals surface area contributed by atoms with Crippen molar-refractivity contribution in [1.29, 1.82) is 0 Å². The average molecular weight is 431 g/mol. The van der Waals surface area contributed by atoms with Crippen molar-refractivity contribution < 1.29 is 18.6 Å². The molecule has 4 heterocycles. The molecule has 2 fully saturated rings. The number of aryl methyl sites for hydroxylation is 1. The minimum atomic E-state index is -0.307. The van der Waals surface area contributed by atoms with Gasteiger partial charge < -0.3 is 19.3 Å². The van der Waals surface area contributed by atoms with Crippen molar-refractivity contribution in [2.24, 2.45) is 0 Å². The molecule has 0 aliphatic carbocycles. The second kappa shape index (κ2) is 9.59. The van der Waals surface area contributed by atoms with Gasteiger partial charge in [0.2, 0.25) is 11.8 Å². The van der Waals surface area contributed by atoms with Crippen LogP contribution in [0.25, 0.3) is 0 Å². The summed E-state index contributed by atoms with van der Waals surface area (Å²) < 4.78 is 10.6. The van der Waals surface area contributed by atoms with Gasteiger partial charge in [0.1, 0.15) is 5.76 Å². The molecule has 2 amide bonds. The highest BCUT2D eigenvalue weighted by Gasteiger charge is 2.26. The highest BCUT2D eigenvalue weighted by Crippen LogP contribution is 2.26. The zero-order valence-electron chi connectivity index (χ0n) is 18.2. The minimum Gasteiger partial charge on any atom is -0.361 e. The Labute approximate surface area is 181 Å². The molecular formula is C21H30N6O4. The number of rotatable bonds is 6. The van der Waals surface area contributed by atoms with Crippen molar-refractivity contribution in [2.75, 3.05) is 26.2 Å². The van der Waals surface area contributed by atoms with Gasteiger partial charge in [0, 0.05) is 38.0 Å². The summed E-state index contributed by atoms with van der Waals surface area (Å²) in [4.78, 5) is 32.8. The summed E-state index contributed by atoms with van der Waals surface area (Å²) in [6, 6.07) is 0. The number of amides is 2. The van der Waals surface area contributed by atoms with Crippen LogP contribution in [0.4, 0.5) is 0 Å². The van der Waals surface area contributed by atoms with Gasteiger partial charge in [0.25, 0.3) is 5.91 Å². The Morgan fingerprint density at radius 1 is 1.06 bits per heavy atom. The van der Waals surface area contributed by atoms with Crippen LogP contribution in [0.2, 0.25) is 0 Å². The van der Waals surface area contributed by atoms with Crippen LogP contribution in [0.5, 0.6) is 0 Å². The number of nitrogens with one attached hydrogen (secondary N) is 1. The average Bonchev–Trinajstić information content (AvgIpc) is 3.40. The van der Waals surface area contributed by atoms with Crippen molar-refractivity contribution >= 4 is 11.8 Å². The Morgan fingerprint density at radius 3 is 2.52 bits per heavy atom. The molecule has 0 atom stereocenters. The van der Waals surface area contributed by atoms with E-state index >= 15 is 0 Å². The number of aromatic nitrogens is 3. The second-order valence-electron chi connectivity index (χ2n) is 8.41. The molecule has 2 aromatic heterocycles. The van der Waals surface area contributed by atoms with Crippen LogP contribution in [0.1, 0.15) is 78.5 Å². The molecule has 2 aliphatic heterocycles. The number of piperidine rings is 2. The standard InChI is InChI=1S/C21H30N6O4/c1-14-17(13-26-8-4-3-5-9-26)19(24-30-14)21(29)22-12-18-23-20(25-31-18)16-6-10-27(11-7-16)15(2)28/h16H,3-13H2,1-2H3,(H,22,29). The molecule has 4 rings (SSSR count). The van der Waals surface area contributed by atoms with Crippen LogP contribution < -0.4 is 5.32 Å². The van der Waals surface area contributed by atoms with Crippen molar-refractivity contribution in [3.8, 4) is 0 Å². The summed E-state index contributed by atoms with van der Waals surface area (Å²) in [5.41, 5.74) is 1.15. The Bertz CT molecular complexity index is 909. The fourth-order valence-corrected chi connectivity index (χ4v) is 4.29. The van der Waals surface area contributed by atoms with Crippen molar-refractivity contribution in [3.05, 3.63) is 28.7 Å². The molecule has 0 bridgehead atoms. The predicted octanol–water partition coefficient (Wildman–Crippen LogP) is 2.01. The van der Waals surface area contributed by atoms with Gasteiger partial charge in [-0.15, -0.1) is 0 Å². The molecule has 2 saturated heterocycles. The van der Waals surface area contributed by atoms with Crippen molar-refractivity contribution in [3.63, 3.8) is 0 Å².